The molecule has 3 aromatic carbocycles. The van der Waals surface area contributed by atoms with Crippen LogP contribution in [0.1, 0.15) is 54.2 Å². The predicted molar refractivity (Wildman–Crippen MR) is 135 cm³/mol. The molecule has 0 saturated carbocycles. The molecule has 3 aromatic rings. The highest BCUT2D eigenvalue weighted by atomic mass is 35.5. The summed E-state index contributed by atoms with van der Waals surface area (Å²) in [5, 5.41) is 3.77. The molecule has 1 aliphatic rings. The maximum Gasteiger partial charge on any atom is 0.251 e. The summed E-state index contributed by atoms with van der Waals surface area (Å²) in [7, 11) is 0. The van der Waals surface area contributed by atoms with Gasteiger partial charge in [0, 0.05) is 34.9 Å². The number of nitrogens with zero attached hydrogens (tertiary/aromatic N) is 1. The summed E-state index contributed by atoms with van der Waals surface area (Å²) in [6.45, 7) is 6.90. The first-order chi connectivity index (χ1) is 16.0. The van der Waals surface area contributed by atoms with Gasteiger partial charge in [-0.1, -0.05) is 54.9 Å². The highest BCUT2D eigenvalue weighted by Crippen LogP contribution is 2.25. The molecule has 0 spiro atoms. The number of halogens is 1. The van der Waals surface area contributed by atoms with E-state index in [1.165, 1.54) is 18.5 Å². The number of hydrogen-bond acceptors (Lipinski definition) is 3. The number of anilines is 1. The minimum absolute atomic E-state index is 0.0977. The van der Waals surface area contributed by atoms with Gasteiger partial charge in [0.1, 0.15) is 12.4 Å². The smallest absolute Gasteiger partial charge is 0.251 e. The van der Waals surface area contributed by atoms with E-state index in [2.05, 4.69) is 41.4 Å². The molecular weight excluding hydrogens is 432 g/mol. The van der Waals surface area contributed by atoms with Gasteiger partial charge >= 0.3 is 0 Å². The molecule has 0 unspecified atom stereocenters. The summed E-state index contributed by atoms with van der Waals surface area (Å²) in [6.07, 6.45) is 2.56. The molecule has 0 radical (unpaired) electrons. The Morgan fingerprint density at radius 3 is 2.67 bits per heavy atom. The van der Waals surface area contributed by atoms with Crippen molar-refractivity contribution in [1.29, 1.82) is 0 Å². The highest BCUT2D eigenvalue weighted by Gasteiger charge is 2.17. The average Bonchev–Trinajstić information content (AvgIpc) is 2.84. The molecule has 4 nitrogen and oxygen atoms in total. The first-order valence-corrected chi connectivity index (χ1v) is 12.0. The lowest BCUT2D eigenvalue weighted by Gasteiger charge is -2.33. The van der Waals surface area contributed by atoms with Crippen molar-refractivity contribution in [2.75, 3.05) is 18.0 Å². The molecule has 0 aliphatic carbocycles. The third-order valence-corrected chi connectivity index (χ3v) is 6.58. The number of benzene rings is 3. The monoisotopic (exact) mass is 462 g/mol. The zero-order valence-corrected chi connectivity index (χ0v) is 20.0. The number of hydrogen-bond donors (Lipinski definition) is 1. The van der Waals surface area contributed by atoms with Gasteiger partial charge in [-0.25, -0.2) is 0 Å². The SMILES string of the molecule is C[C@@H]1CCCN(c2ccc([C@H](C)NC(=O)c3cccc(OCc4ccccc4Cl)c3)cc2)C1. The van der Waals surface area contributed by atoms with Crippen molar-refractivity contribution in [1.82, 2.24) is 5.32 Å². The van der Waals surface area contributed by atoms with Crippen LogP contribution >= 0.6 is 11.6 Å². The molecule has 4 rings (SSSR count). The number of ether oxygens (including phenoxy) is 1. The van der Waals surface area contributed by atoms with Gasteiger partial charge < -0.3 is 15.0 Å². The lowest BCUT2D eigenvalue weighted by atomic mass is 9.99. The second-order valence-corrected chi connectivity index (χ2v) is 9.30. The molecular formula is C28H31ClN2O2. The Labute approximate surface area is 201 Å². The molecule has 0 bridgehead atoms. The standard InChI is InChI=1S/C28H31ClN2O2/c1-20-7-6-16-31(18-20)25-14-12-22(13-15-25)21(2)30-28(32)23-9-5-10-26(17-23)33-19-24-8-3-4-11-27(24)29/h3-5,8-15,17,20-21H,6-7,16,18-19H2,1-2H3,(H,30,32)/t20-,21+/m1/s1. The summed E-state index contributed by atoms with van der Waals surface area (Å²) in [6, 6.07) is 23.3. The molecule has 2 atom stereocenters. The van der Waals surface area contributed by atoms with Crippen molar-refractivity contribution < 1.29 is 9.53 Å². The largest absolute Gasteiger partial charge is 0.489 e. The first kappa shape index (κ1) is 23.2. The van der Waals surface area contributed by atoms with Gasteiger partial charge in [-0.05, 0) is 67.6 Å². The van der Waals surface area contributed by atoms with Crippen LogP contribution in [0.15, 0.2) is 72.8 Å². The van der Waals surface area contributed by atoms with Crippen LogP contribution in [0.2, 0.25) is 5.02 Å². The van der Waals surface area contributed by atoms with Gasteiger partial charge in [-0.15, -0.1) is 0 Å². The molecule has 0 aromatic heterocycles. The normalized spacial score (nSPS) is 16.8. The van der Waals surface area contributed by atoms with E-state index >= 15 is 0 Å². The van der Waals surface area contributed by atoms with Crippen LogP contribution in [-0.4, -0.2) is 19.0 Å². The number of carbonyl (C=O) groups is 1. The number of nitrogens with one attached hydrogen (secondary N) is 1. The fourth-order valence-electron chi connectivity index (χ4n) is 4.26. The Balaban J connectivity index is 1.35. The summed E-state index contributed by atoms with van der Waals surface area (Å²) in [4.78, 5) is 15.3. The number of piperidine rings is 1. The molecule has 33 heavy (non-hydrogen) atoms. The van der Waals surface area contributed by atoms with Crippen molar-refractivity contribution >= 4 is 23.2 Å². The third-order valence-electron chi connectivity index (χ3n) is 6.21. The van der Waals surface area contributed by atoms with Crippen molar-refractivity contribution in [2.24, 2.45) is 5.92 Å². The predicted octanol–water partition coefficient (Wildman–Crippen LogP) is 6.65. The van der Waals surface area contributed by atoms with Crippen LogP contribution in [0.3, 0.4) is 0 Å². The lowest BCUT2D eigenvalue weighted by molar-refractivity contribution is 0.0939. The van der Waals surface area contributed by atoms with E-state index in [9.17, 15) is 4.79 Å². The van der Waals surface area contributed by atoms with Gasteiger partial charge in [-0.2, -0.15) is 0 Å². The quantitative estimate of drug-likeness (QED) is 0.427. The van der Waals surface area contributed by atoms with Crippen molar-refractivity contribution in [2.45, 2.75) is 39.3 Å². The Morgan fingerprint density at radius 1 is 1.12 bits per heavy atom. The van der Waals surface area contributed by atoms with Crippen LogP contribution in [0.5, 0.6) is 5.75 Å². The van der Waals surface area contributed by atoms with E-state index < -0.39 is 0 Å². The number of amides is 1. The maximum atomic E-state index is 12.9. The lowest BCUT2D eigenvalue weighted by Crippen LogP contribution is -2.34. The van der Waals surface area contributed by atoms with Crippen LogP contribution in [-0.2, 0) is 6.61 Å². The van der Waals surface area contributed by atoms with Crippen LogP contribution in [0.4, 0.5) is 5.69 Å². The molecule has 1 N–H and O–H groups in total. The maximum absolute atomic E-state index is 12.9. The fourth-order valence-corrected chi connectivity index (χ4v) is 4.45. The Kier molecular flexibility index (Phi) is 7.56. The van der Waals surface area contributed by atoms with Gasteiger partial charge in [-0.3, -0.25) is 4.79 Å². The van der Waals surface area contributed by atoms with Gasteiger partial charge in [0.05, 0.1) is 6.04 Å². The molecule has 1 aliphatic heterocycles. The van der Waals surface area contributed by atoms with E-state index in [0.717, 1.165) is 30.1 Å². The zero-order chi connectivity index (χ0) is 23.2. The summed E-state index contributed by atoms with van der Waals surface area (Å²) in [5.41, 5.74) is 3.82. The number of rotatable bonds is 7. The topological polar surface area (TPSA) is 41.6 Å². The summed E-state index contributed by atoms with van der Waals surface area (Å²) < 4.78 is 5.86. The van der Waals surface area contributed by atoms with Crippen molar-refractivity contribution in [3.8, 4) is 5.75 Å². The highest BCUT2D eigenvalue weighted by molar-refractivity contribution is 6.31. The van der Waals surface area contributed by atoms with Gasteiger partial charge in [0.2, 0.25) is 0 Å². The molecule has 5 heteroatoms. The fraction of sp³-hybridized carbons (Fsp3) is 0.321. The minimum atomic E-state index is -0.125. The van der Waals surface area contributed by atoms with Gasteiger partial charge in [0.15, 0.2) is 0 Å². The Hall–Kier alpha value is -2.98. The van der Waals surface area contributed by atoms with E-state index in [1.54, 1.807) is 12.1 Å². The van der Waals surface area contributed by atoms with Crippen molar-refractivity contribution in [3.63, 3.8) is 0 Å². The first-order valence-electron chi connectivity index (χ1n) is 11.6. The van der Waals surface area contributed by atoms with E-state index in [4.69, 9.17) is 16.3 Å². The number of carbonyl (C=O) groups excluding carboxylic acids is 1. The summed E-state index contributed by atoms with van der Waals surface area (Å²) >= 11 is 6.20. The van der Waals surface area contributed by atoms with Crippen LogP contribution in [0, 0.1) is 5.92 Å². The Morgan fingerprint density at radius 2 is 1.91 bits per heavy atom. The Bertz CT molecular complexity index is 1080. The van der Waals surface area contributed by atoms with E-state index in [1.807, 2.05) is 43.3 Å². The second-order valence-electron chi connectivity index (χ2n) is 8.89. The zero-order valence-electron chi connectivity index (χ0n) is 19.3. The summed E-state index contributed by atoms with van der Waals surface area (Å²) in [5.74, 6) is 1.25. The van der Waals surface area contributed by atoms with E-state index in [0.29, 0.717) is 22.9 Å². The second kappa shape index (κ2) is 10.8. The molecule has 1 saturated heterocycles. The molecule has 1 heterocycles. The average molecular weight is 463 g/mol. The third kappa shape index (κ3) is 6.08. The molecule has 172 valence electrons. The molecule has 1 amide bonds. The molecule has 1 fully saturated rings. The van der Waals surface area contributed by atoms with Crippen molar-refractivity contribution in [3.05, 3.63) is 94.5 Å². The van der Waals surface area contributed by atoms with E-state index in [-0.39, 0.29) is 11.9 Å². The van der Waals surface area contributed by atoms with Crippen LogP contribution < -0.4 is 15.0 Å². The minimum Gasteiger partial charge on any atom is -0.489 e. The van der Waals surface area contributed by atoms with Gasteiger partial charge in [0.25, 0.3) is 5.91 Å². The van der Waals surface area contributed by atoms with Crippen LogP contribution in [0.25, 0.3) is 0 Å².